The van der Waals surface area contributed by atoms with Crippen molar-refractivity contribution in [2.24, 2.45) is 0 Å². The molecule has 14 heteroatoms. The molecular formula is C14H6F9NO3S. The Hall–Kier alpha value is -2.51. The Morgan fingerprint density at radius 1 is 0.750 bits per heavy atom. The molecule has 0 saturated carbocycles. The first-order chi connectivity index (χ1) is 12.5. The molecule has 1 aromatic heterocycles. The fourth-order valence-electron chi connectivity index (χ4n) is 1.87. The third kappa shape index (κ3) is 4.66. The number of nitrogens with zero attached hydrogens (tertiary/aromatic N) is 1. The SMILES string of the molecule is O=S(=O)(Oc1ccc(-c2ccc(C(F)(F)F)cc2)nc1C(F)(F)F)C(F)(F)F. The van der Waals surface area contributed by atoms with Crippen LogP contribution in [0.5, 0.6) is 5.75 Å². The van der Waals surface area contributed by atoms with Crippen LogP contribution in [0.3, 0.4) is 0 Å². The van der Waals surface area contributed by atoms with Crippen LogP contribution in [-0.4, -0.2) is 18.9 Å². The minimum atomic E-state index is -6.40. The minimum Gasteiger partial charge on any atom is -0.374 e. The second-order valence-corrected chi connectivity index (χ2v) is 6.64. The van der Waals surface area contributed by atoms with Crippen molar-refractivity contribution >= 4 is 10.1 Å². The van der Waals surface area contributed by atoms with Gasteiger partial charge in [-0.1, -0.05) is 12.1 Å². The van der Waals surface area contributed by atoms with Gasteiger partial charge in [-0.15, -0.1) is 0 Å². The van der Waals surface area contributed by atoms with Crippen molar-refractivity contribution in [2.45, 2.75) is 17.9 Å². The van der Waals surface area contributed by atoms with Crippen LogP contribution >= 0.6 is 0 Å². The maximum absolute atomic E-state index is 13.1. The van der Waals surface area contributed by atoms with Crippen LogP contribution in [0.2, 0.25) is 0 Å². The Labute approximate surface area is 150 Å². The second kappa shape index (κ2) is 6.83. The van der Waals surface area contributed by atoms with E-state index in [9.17, 15) is 47.9 Å². The molecule has 154 valence electrons. The Morgan fingerprint density at radius 3 is 1.71 bits per heavy atom. The Bertz CT molecular complexity index is 962. The largest absolute Gasteiger partial charge is 0.534 e. The van der Waals surface area contributed by atoms with E-state index < -0.39 is 50.7 Å². The lowest BCUT2D eigenvalue weighted by Crippen LogP contribution is -2.29. The maximum atomic E-state index is 13.1. The van der Waals surface area contributed by atoms with Crippen molar-refractivity contribution in [1.82, 2.24) is 4.98 Å². The number of hydrogen-bond acceptors (Lipinski definition) is 4. The van der Waals surface area contributed by atoms with Crippen LogP contribution in [0.25, 0.3) is 11.3 Å². The predicted molar refractivity (Wildman–Crippen MR) is 75.3 cm³/mol. The molecule has 0 N–H and O–H groups in total. The molecule has 0 spiro atoms. The van der Waals surface area contributed by atoms with Gasteiger partial charge in [-0.05, 0) is 24.3 Å². The molecule has 2 rings (SSSR count). The highest BCUT2D eigenvalue weighted by Crippen LogP contribution is 2.39. The van der Waals surface area contributed by atoms with E-state index in [4.69, 9.17) is 0 Å². The molecule has 1 heterocycles. The van der Waals surface area contributed by atoms with Gasteiger partial charge in [-0.2, -0.15) is 47.9 Å². The number of aromatic nitrogens is 1. The van der Waals surface area contributed by atoms with Gasteiger partial charge in [0.2, 0.25) is 0 Å². The highest BCUT2D eigenvalue weighted by Gasteiger charge is 2.50. The van der Waals surface area contributed by atoms with E-state index in [1.807, 2.05) is 0 Å². The zero-order valence-electron chi connectivity index (χ0n) is 12.9. The van der Waals surface area contributed by atoms with Crippen molar-refractivity contribution in [3.05, 3.63) is 47.7 Å². The van der Waals surface area contributed by atoms with E-state index in [0.29, 0.717) is 18.2 Å². The van der Waals surface area contributed by atoms with Crippen molar-refractivity contribution in [3.8, 4) is 17.0 Å². The van der Waals surface area contributed by atoms with Gasteiger partial charge < -0.3 is 4.18 Å². The standard InChI is InChI=1S/C14H6F9NO3S/c15-12(16,17)8-3-1-7(2-4-8)9-5-6-10(11(24-9)13(18,19)20)27-28(25,26)14(21,22)23/h1-6H. The predicted octanol–water partition coefficient (Wildman–Crippen LogP) is 5.01. The van der Waals surface area contributed by atoms with Crippen molar-refractivity contribution in [3.63, 3.8) is 0 Å². The molecule has 1 aromatic carbocycles. The highest BCUT2D eigenvalue weighted by atomic mass is 32.2. The van der Waals surface area contributed by atoms with Gasteiger partial charge in [0.15, 0.2) is 11.4 Å². The van der Waals surface area contributed by atoms with E-state index in [0.717, 1.165) is 12.1 Å². The smallest absolute Gasteiger partial charge is 0.374 e. The third-order valence-electron chi connectivity index (χ3n) is 3.12. The molecule has 0 fully saturated rings. The molecule has 0 atom stereocenters. The highest BCUT2D eigenvalue weighted by molar-refractivity contribution is 7.88. The molecule has 0 unspecified atom stereocenters. The first-order valence-electron chi connectivity index (χ1n) is 6.79. The van der Waals surface area contributed by atoms with Gasteiger partial charge in [0.25, 0.3) is 0 Å². The molecule has 0 saturated heterocycles. The topological polar surface area (TPSA) is 56.3 Å². The fraction of sp³-hybridized carbons (Fsp3) is 0.214. The summed E-state index contributed by atoms with van der Waals surface area (Å²) in [4.78, 5) is 3.01. The van der Waals surface area contributed by atoms with Crippen molar-refractivity contribution < 1.29 is 52.1 Å². The van der Waals surface area contributed by atoms with E-state index >= 15 is 0 Å². The van der Waals surface area contributed by atoms with Gasteiger partial charge in [-0.25, -0.2) is 4.98 Å². The van der Waals surface area contributed by atoms with E-state index in [-0.39, 0.29) is 11.6 Å². The summed E-state index contributed by atoms with van der Waals surface area (Å²) in [5.41, 5.74) is -9.98. The summed E-state index contributed by atoms with van der Waals surface area (Å²) in [5, 5.41) is 0. The summed E-state index contributed by atoms with van der Waals surface area (Å²) in [6.07, 6.45) is -10.1. The normalized spacial score (nSPS) is 13.5. The molecule has 28 heavy (non-hydrogen) atoms. The summed E-state index contributed by atoms with van der Waals surface area (Å²) in [6.45, 7) is 0. The molecule has 0 radical (unpaired) electrons. The lowest BCUT2D eigenvalue weighted by molar-refractivity contribution is -0.142. The number of pyridine rings is 1. The van der Waals surface area contributed by atoms with Crippen LogP contribution in [0.4, 0.5) is 39.5 Å². The second-order valence-electron chi connectivity index (χ2n) is 5.10. The maximum Gasteiger partial charge on any atom is 0.534 e. The number of alkyl halides is 9. The van der Waals surface area contributed by atoms with Crippen molar-refractivity contribution in [1.29, 1.82) is 0 Å². The van der Waals surface area contributed by atoms with Crippen LogP contribution in [0, 0.1) is 0 Å². The quantitative estimate of drug-likeness (QED) is 0.383. The van der Waals surface area contributed by atoms with Gasteiger partial charge in [-0.3, -0.25) is 0 Å². The average molecular weight is 439 g/mol. The molecule has 0 aliphatic carbocycles. The summed E-state index contributed by atoms with van der Waals surface area (Å²) in [6, 6.07) is 3.63. The minimum absolute atomic E-state index is 0.233. The number of benzene rings is 1. The Kier molecular flexibility index (Phi) is 5.31. The van der Waals surface area contributed by atoms with E-state index in [1.54, 1.807) is 0 Å². The lowest BCUT2D eigenvalue weighted by Gasteiger charge is -2.15. The van der Waals surface area contributed by atoms with Crippen LogP contribution in [0.15, 0.2) is 36.4 Å². The van der Waals surface area contributed by atoms with Gasteiger partial charge in [0, 0.05) is 5.56 Å². The number of hydrogen-bond donors (Lipinski definition) is 0. The summed E-state index contributed by atoms with van der Waals surface area (Å²) in [7, 11) is -6.40. The number of rotatable bonds is 3. The van der Waals surface area contributed by atoms with Crippen LogP contribution in [-0.2, 0) is 22.5 Å². The fourth-order valence-corrected chi connectivity index (χ4v) is 2.34. The third-order valence-corrected chi connectivity index (χ3v) is 4.08. The van der Waals surface area contributed by atoms with Crippen LogP contribution < -0.4 is 4.18 Å². The first kappa shape index (κ1) is 21.8. The molecule has 0 aliphatic heterocycles. The molecule has 2 aromatic rings. The lowest BCUT2D eigenvalue weighted by atomic mass is 10.1. The Balaban J connectivity index is 2.51. The monoisotopic (exact) mass is 439 g/mol. The summed E-state index contributed by atoms with van der Waals surface area (Å²) in [5.74, 6) is -1.74. The van der Waals surface area contributed by atoms with E-state index in [1.165, 1.54) is 0 Å². The zero-order chi connectivity index (χ0) is 21.5. The molecule has 0 aliphatic rings. The van der Waals surface area contributed by atoms with Gasteiger partial charge in [0.05, 0.1) is 11.3 Å². The Morgan fingerprint density at radius 2 is 1.29 bits per heavy atom. The number of halogens is 9. The molecule has 4 nitrogen and oxygen atoms in total. The first-order valence-corrected chi connectivity index (χ1v) is 8.20. The van der Waals surface area contributed by atoms with E-state index in [2.05, 4.69) is 9.17 Å². The zero-order valence-corrected chi connectivity index (χ0v) is 13.8. The molecule has 0 amide bonds. The molecular weight excluding hydrogens is 433 g/mol. The van der Waals surface area contributed by atoms with Gasteiger partial charge >= 0.3 is 28.0 Å². The molecule has 0 bridgehead atoms. The summed E-state index contributed by atoms with van der Waals surface area (Å²) >= 11 is 0. The summed E-state index contributed by atoms with van der Waals surface area (Å²) < 4.78 is 139. The van der Waals surface area contributed by atoms with Gasteiger partial charge in [0.1, 0.15) is 0 Å². The van der Waals surface area contributed by atoms with Crippen LogP contribution in [0.1, 0.15) is 11.3 Å². The average Bonchev–Trinajstić information content (AvgIpc) is 2.52. The van der Waals surface area contributed by atoms with Crippen molar-refractivity contribution in [2.75, 3.05) is 0 Å².